The van der Waals surface area contributed by atoms with E-state index in [1.165, 1.54) is 30.4 Å². The summed E-state index contributed by atoms with van der Waals surface area (Å²) in [7, 11) is -3.69. The Hall–Kier alpha value is -2.07. The molecule has 1 aromatic carbocycles. The minimum absolute atomic E-state index is 0.0613. The van der Waals surface area contributed by atoms with Crippen molar-refractivity contribution in [1.82, 2.24) is 10.3 Å². The lowest BCUT2D eigenvalue weighted by Gasteiger charge is -1.99. The number of nitrogens with one attached hydrogen (secondary N) is 1. The van der Waals surface area contributed by atoms with E-state index in [1.54, 1.807) is 23.5 Å². The second kappa shape index (κ2) is 7.04. The summed E-state index contributed by atoms with van der Waals surface area (Å²) < 4.78 is 22.6. The van der Waals surface area contributed by atoms with Crippen LogP contribution in [0.3, 0.4) is 0 Å². The van der Waals surface area contributed by atoms with Crippen molar-refractivity contribution < 1.29 is 13.2 Å². The lowest BCUT2D eigenvalue weighted by atomic mass is 10.2. The zero-order valence-corrected chi connectivity index (χ0v) is 15.7. The Morgan fingerprint density at radius 3 is 2.56 bits per heavy atom. The number of thiophene rings is 1. The second-order valence-electron chi connectivity index (χ2n) is 5.28. The van der Waals surface area contributed by atoms with Gasteiger partial charge in [-0.2, -0.15) is 0 Å². The van der Waals surface area contributed by atoms with E-state index >= 15 is 0 Å². The van der Waals surface area contributed by atoms with Crippen molar-refractivity contribution in [1.29, 1.82) is 0 Å². The van der Waals surface area contributed by atoms with Crippen LogP contribution in [0.4, 0.5) is 0 Å². The molecule has 0 aliphatic rings. The molecule has 6 nitrogen and oxygen atoms in total. The fourth-order valence-electron chi connectivity index (χ4n) is 2.13. The summed E-state index contributed by atoms with van der Waals surface area (Å²) >= 11 is 3.06. The summed E-state index contributed by atoms with van der Waals surface area (Å²) in [5.74, 6) is -0.0613. The molecule has 1 amide bonds. The third-order valence-corrected chi connectivity index (χ3v) is 6.29. The van der Waals surface area contributed by atoms with Crippen LogP contribution in [0.25, 0.3) is 21.1 Å². The van der Waals surface area contributed by atoms with E-state index in [0.717, 1.165) is 26.0 Å². The maximum atomic E-state index is 11.3. The third-order valence-electron chi connectivity index (χ3n) is 3.36. The van der Waals surface area contributed by atoms with Crippen LogP contribution in [0.1, 0.15) is 11.8 Å². The van der Waals surface area contributed by atoms with Crippen LogP contribution in [-0.2, 0) is 21.4 Å². The van der Waals surface area contributed by atoms with Crippen LogP contribution < -0.4 is 10.5 Å². The molecule has 0 aliphatic heterocycles. The van der Waals surface area contributed by atoms with Crippen molar-refractivity contribution >= 4 is 38.6 Å². The van der Waals surface area contributed by atoms with Crippen LogP contribution in [-0.4, -0.2) is 19.3 Å². The number of rotatable bonds is 5. The van der Waals surface area contributed by atoms with Gasteiger partial charge in [0.2, 0.25) is 15.9 Å². The number of hydrogen-bond donors (Lipinski definition) is 2. The molecule has 0 radical (unpaired) electrons. The Bertz CT molecular complexity index is 1000. The number of hydrogen-bond acceptors (Lipinski definition) is 6. The molecule has 0 saturated carbocycles. The minimum atomic E-state index is -3.69. The first kappa shape index (κ1) is 17.7. The minimum Gasteiger partial charge on any atom is -0.351 e. The molecule has 0 aliphatic carbocycles. The van der Waals surface area contributed by atoms with Crippen molar-refractivity contribution in [2.45, 2.75) is 18.4 Å². The number of nitrogens with two attached hydrogens (primary N) is 1. The van der Waals surface area contributed by atoms with E-state index in [0.29, 0.717) is 6.54 Å². The molecule has 2 aromatic heterocycles. The number of benzene rings is 1. The number of nitrogens with zero attached hydrogens (tertiary/aromatic N) is 1. The highest BCUT2D eigenvalue weighted by molar-refractivity contribution is 7.89. The van der Waals surface area contributed by atoms with E-state index in [4.69, 9.17) is 5.14 Å². The zero-order chi connectivity index (χ0) is 18.0. The SMILES string of the molecule is CC(=O)NCc1ccc(-c2csc(-c3ccc(S(N)(=O)=O)cc3)n2)s1. The molecule has 130 valence electrons. The number of carbonyl (C=O) groups excluding carboxylic acids is 1. The molecular formula is C16H15N3O3S3. The molecule has 25 heavy (non-hydrogen) atoms. The van der Waals surface area contributed by atoms with Gasteiger partial charge in [-0.1, -0.05) is 12.1 Å². The maximum absolute atomic E-state index is 11.3. The van der Waals surface area contributed by atoms with Crippen LogP contribution >= 0.6 is 22.7 Å². The number of thiazole rings is 1. The lowest BCUT2D eigenvalue weighted by Crippen LogP contribution is -2.17. The Kier molecular flexibility index (Phi) is 5.00. The van der Waals surface area contributed by atoms with Crippen molar-refractivity contribution in [2.75, 3.05) is 0 Å². The molecule has 0 bridgehead atoms. The van der Waals surface area contributed by atoms with Crippen molar-refractivity contribution in [3.05, 3.63) is 46.7 Å². The van der Waals surface area contributed by atoms with E-state index in [9.17, 15) is 13.2 Å². The Morgan fingerprint density at radius 1 is 1.20 bits per heavy atom. The van der Waals surface area contributed by atoms with Crippen LogP contribution in [0, 0.1) is 0 Å². The predicted molar refractivity (Wildman–Crippen MR) is 99.8 cm³/mol. The number of carbonyl (C=O) groups is 1. The Labute approximate surface area is 153 Å². The van der Waals surface area contributed by atoms with Gasteiger partial charge in [0.1, 0.15) is 5.01 Å². The van der Waals surface area contributed by atoms with Gasteiger partial charge in [0.15, 0.2) is 0 Å². The normalized spacial score (nSPS) is 11.4. The molecule has 0 fully saturated rings. The van der Waals surface area contributed by atoms with Crippen molar-refractivity contribution in [2.24, 2.45) is 5.14 Å². The van der Waals surface area contributed by atoms with Crippen molar-refractivity contribution in [3.63, 3.8) is 0 Å². The summed E-state index contributed by atoms with van der Waals surface area (Å²) in [6.45, 7) is 1.99. The molecule has 3 N–H and O–H groups in total. The molecule has 3 aromatic rings. The molecule has 0 unspecified atom stereocenters. The average molecular weight is 394 g/mol. The average Bonchev–Trinajstić information content (AvgIpc) is 3.21. The second-order valence-corrected chi connectivity index (χ2v) is 8.87. The van der Waals surface area contributed by atoms with Gasteiger partial charge >= 0.3 is 0 Å². The molecular weight excluding hydrogens is 378 g/mol. The first-order valence-corrected chi connectivity index (χ1v) is 10.5. The molecule has 9 heteroatoms. The fraction of sp³-hybridized carbons (Fsp3) is 0.125. The summed E-state index contributed by atoms with van der Waals surface area (Å²) in [5, 5.41) is 10.6. The standard InChI is InChI=1S/C16H15N3O3S3/c1-10(20)18-8-12-4-7-15(24-12)14-9-23-16(19-14)11-2-5-13(6-3-11)25(17,21)22/h2-7,9H,8H2,1H3,(H,18,20)(H2,17,21,22). The van der Waals surface area contributed by atoms with Gasteiger partial charge in [0, 0.05) is 22.7 Å². The van der Waals surface area contributed by atoms with Gasteiger partial charge in [-0.15, -0.1) is 22.7 Å². The van der Waals surface area contributed by atoms with E-state index in [2.05, 4.69) is 10.3 Å². The first-order chi connectivity index (χ1) is 11.8. The maximum Gasteiger partial charge on any atom is 0.238 e. The molecule has 2 heterocycles. The quantitative estimate of drug-likeness (QED) is 0.696. The number of aromatic nitrogens is 1. The van der Waals surface area contributed by atoms with E-state index < -0.39 is 10.0 Å². The smallest absolute Gasteiger partial charge is 0.238 e. The zero-order valence-electron chi connectivity index (χ0n) is 13.2. The summed E-state index contributed by atoms with van der Waals surface area (Å²) in [6.07, 6.45) is 0. The Balaban J connectivity index is 1.79. The summed E-state index contributed by atoms with van der Waals surface area (Å²) in [5.41, 5.74) is 1.69. The van der Waals surface area contributed by atoms with Gasteiger partial charge in [-0.3, -0.25) is 4.79 Å². The third kappa shape index (κ3) is 4.31. The first-order valence-electron chi connectivity index (χ1n) is 7.25. The predicted octanol–water partition coefficient (Wildman–Crippen LogP) is 2.82. The number of primary sulfonamides is 1. The van der Waals surface area contributed by atoms with Crippen molar-refractivity contribution in [3.8, 4) is 21.1 Å². The molecule has 0 atom stereocenters. The van der Waals surface area contributed by atoms with Gasteiger partial charge < -0.3 is 5.32 Å². The number of sulfonamides is 1. The van der Waals surface area contributed by atoms with Crippen LogP contribution in [0.5, 0.6) is 0 Å². The van der Waals surface area contributed by atoms with Gasteiger partial charge in [0.05, 0.1) is 22.0 Å². The lowest BCUT2D eigenvalue weighted by molar-refractivity contribution is -0.119. The topological polar surface area (TPSA) is 102 Å². The van der Waals surface area contributed by atoms with E-state index in [1.807, 2.05) is 17.5 Å². The van der Waals surface area contributed by atoms with Gasteiger partial charge in [-0.25, -0.2) is 18.5 Å². The van der Waals surface area contributed by atoms with Gasteiger partial charge in [-0.05, 0) is 24.3 Å². The highest BCUT2D eigenvalue weighted by atomic mass is 32.2. The highest BCUT2D eigenvalue weighted by Gasteiger charge is 2.11. The monoisotopic (exact) mass is 393 g/mol. The molecule has 0 spiro atoms. The highest BCUT2D eigenvalue weighted by Crippen LogP contribution is 2.33. The molecule has 0 saturated heterocycles. The van der Waals surface area contributed by atoms with E-state index in [-0.39, 0.29) is 10.8 Å². The fourth-order valence-corrected chi connectivity index (χ4v) is 4.45. The Morgan fingerprint density at radius 2 is 1.92 bits per heavy atom. The van der Waals surface area contributed by atoms with Gasteiger partial charge in [0.25, 0.3) is 0 Å². The molecule has 3 rings (SSSR count). The van der Waals surface area contributed by atoms with Crippen LogP contribution in [0.15, 0.2) is 46.7 Å². The summed E-state index contributed by atoms with van der Waals surface area (Å²) in [6, 6.07) is 10.3. The largest absolute Gasteiger partial charge is 0.351 e. The van der Waals surface area contributed by atoms with Crippen LogP contribution in [0.2, 0.25) is 0 Å². The summed E-state index contributed by atoms with van der Waals surface area (Å²) in [4.78, 5) is 17.7. The number of amides is 1.